The number of rotatable bonds is 5. The first-order chi connectivity index (χ1) is 6.80. The fourth-order valence-corrected chi connectivity index (χ4v) is 1.36. The zero-order valence-electron chi connectivity index (χ0n) is 8.39. The molecule has 15 heavy (non-hydrogen) atoms. The summed E-state index contributed by atoms with van der Waals surface area (Å²) in [5, 5.41) is 10.7. The lowest BCUT2D eigenvalue weighted by atomic mass is 10.3. The fourth-order valence-electron chi connectivity index (χ4n) is 0.795. The summed E-state index contributed by atoms with van der Waals surface area (Å²) >= 11 is 0. The lowest BCUT2D eigenvalue weighted by molar-refractivity contribution is -0.145. The van der Waals surface area contributed by atoms with E-state index in [0.29, 0.717) is 0 Å². The smallest absolute Gasteiger partial charge is 0.330 e. The van der Waals surface area contributed by atoms with E-state index in [1.165, 1.54) is 0 Å². The summed E-state index contributed by atoms with van der Waals surface area (Å²) in [6.45, 7) is -0.651. The zero-order valence-corrected chi connectivity index (χ0v) is 9.20. The standard InChI is InChI=1S/C7H13NO6S/c1-14-7(11)5(3-9)8-6(10)4-15(2,12)13/h5,9H,3-4H2,1-2H3,(H,8,10). The van der Waals surface area contributed by atoms with Crippen LogP contribution in [-0.2, 0) is 24.2 Å². The summed E-state index contributed by atoms with van der Waals surface area (Å²) in [4.78, 5) is 21.9. The predicted octanol–water partition coefficient (Wildman–Crippen LogP) is -2.32. The number of aliphatic hydroxyl groups excluding tert-OH is 1. The quantitative estimate of drug-likeness (QED) is 0.521. The highest BCUT2D eigenvalue weighted by molar-refractivity contribution is 7.91. The Labute approximate surface area is 87.3 Å². The van der Waals surface area contributed by atoms with Crippen LogP contribution >= 0.6 is 0 Å². The molecule has 0 aliphatic carbocycles. The Morgan fingerprint density at radius 3 is 2.33 bits per heavy atom. The number of aliphatic hydroxyl groups is 1. The highest BCUT2D eigenvalue weighted by Crippen LogP contribution is 1.89. The Kier molecular flexibility index (Phi) is 5.23. The molecule has 0 saturated heterocycles. The Morgan fingerprint density at radius 1 is 1.47 bits per heavy atom. The molecule has 0 saturated carbocycles. The molecular weight excluding hydrogens is 226 g/mol. The van der Waals surface area contributed by atoms with Crippen molar-refractivity contribution in [2.75, 3.05) is 25.7 Å². The number of ether oxygens (including phenoxy) is 1. The molecule has 88 valence electrons. The summed E-state index contributed by atoms with van der Waals surface area (Å²) in [5.74, 6) is -2.43. The minimum atomic E-state index is -3.46. The third-order valence-corrected chi connectivity index (χ3v) is 2.18. The van der Waals surface area contributed by atoms with Gasteiger partial charge in [-0.3, -0.25) is 4.79 Å². The molecule has 0 aromatic carbocycles. The number of hydrogen-bond donors (Lipinski definition) is 2. The van der Waals surface area contributed by atoms with Gasteiger partial charge in [0, 0.05) is 6.26 Å². The average molecular weight is 239 g/mol. The van der Waals surface area contributed by atoms with Gasteiger partial charge in [-0.25, -0.2) is 13.2 Å². The molecule has 0 aromatic rings. The normalized spacial score (nSPS) is 13.0. The summed E-state index contributed by atoms with van der Waals surface area (Å²) in [6.07, 6.45) is 0.888. The number of amides is 1. The second kappa shape index (κ2) is 5.66. The maximum absolute atomic E-state index is 11.0. The van der Waals surface area contributed by atoms with Crippen LogP contribution in [0.2, 0.25) is 0 Å². The van der Waals surface area contributed by atoms with E-state index in [1.54, 1.807) is 0 Å². The van der Waals surface area contributed by atoms with Crippen molar-refractivity contribution >= 4 is 21.7 Å². The first-order valence-corrected chi connectivity index (χ1v) is 6.02. The van der Waals surface area contributed by atoms with Gasteiger partial charge in [0.15, 0.2) is 15.9 Å². The van der Waals surface area contributed by atoms with Gasteiger partial charge in [0.05, 0.1) is 13.7 Å². The summed E-state index contributed by atoms with van der Waals surface area (Å²) in [7, 11) is -2.36. The van der Waals surface area contributed by atoms with Crippen molar-refractivity contribution in [2.45, 2.75) is 6.04 Å². The van der Waals surface area contributed by atoms with Gasteiger partial charge >= 0.3 is 5.97 Å². The van der Waals surface area contributed by atoms with Crippen LogP contribution in [0, 0.1) is 0 Å². The Hall–Kier alpha value is -1.15. The molecule has 1 unspecified atom stereocenters. The molecule has 0 bridgehead atoms. The molecule has 0 aliphatic rings. The Bertz CT molecular complexity index is 335. The van der Waals surface area contributed by atoms with E-state index in [-0.39, 0.29) is 0 Å². The summed E-state index contributed by atoms with van der Waals surface area (Å²) in [5.41, 5.74) is 0. The van der Waals surface area contributed by atoms with Crippen molar-refractivity contribution in [3.8, 4) is 0 Å². The van der Waals surface area contributed by atoms with E-state index in [0.717, 1.165) is 13.4 Å². The largest absolute Gasteiger partial charge is 0.467 e. The average Bonchev–Trinajstić information content (AvgIpc) is 2.10. The molecule has 2 N–H and O–H groups in total. The monoisotopic (exact) mass is 239 g/mol. The maximum Gasteiger partial charge on any atom is 0.330 e. The van der Waals surface area contributed by atoms with Gasteiger partial charge < -0.3 is 15.2 Å². The summed E-state index contributed by atoms with van der Waals surface area (Å²) in [6, 6.07) is -1.23. The van der Waals surface area contributed by atoms with E-state index in [2.05, 4.69) is 4.74 Å². The number of nitrogens with one attached hydrogen (secondary N) is 1. The molecule has 0 heterocycles. The molecule has 7 nitrogen and oxygen atoms in total. The van der Waals surface area contributed by atoms with Gasteiger partial charge in [0.25, 0.3) is 0 Å². The number of sulfone groups is 1. The van der Waals surface area contributed by atoms with Crippen LogP contribution in [0.5, 0.6) is 0 Å². The number of carbonyl (C=O) groups is 2. The second-order valence-corrected chi connectivity index (χ2v) is 5.04. The van der Waals surface area contributed by atoms with Gasteiger partial charge in [0.1, 0.15) is 5.75 Å². The van der Waals surface area contributed by atoms with Gasteiger partial charge in [-0.1, -0.05) is 0 Å². The van der Waals surface area contributed by atoms with Crippen molar-refractivity contribution in [1.82, 2.24) is 5.32 Å². The van der Waals surface area contributed by atoms with Gasteiger partial charge in [-0.2, -0.15) is 0 Å². The lowest BCUT2D eigenvalue weighted by Gasteiger charge is -2.13. The molecule has 0 radical (unpaired) electrons. The van der Waals surface area contributed by atoms with Crippen LogP contribution < -0.4 is 5.32 Å². The minimum absolute atomic E-state index is 0.651. The topological polar surface area (TPSA) is 110 Å². The molecule has 0 fully saturated rings. The Balaban J connectivity index is 4.32. The van der Waals surface area contributed by atoms with E-state index in [9.17, 15) is 18.0 Å². The molecule has 1 amide bonds. The third-order valence-electron chi connectivity index (χ3n) is 1.40. The SMILES string of the molecule is COC(=O)C(CO)NC(=O)CS(C)(=O)=O. The highest BCUT2D eigenvalue weighted by atomic mass is 32.2. The van der Waals surface area contributed by atoms with Crippen molar-refractivity contribution in [2.24, 2.45) is 0 Å². The number of carbonyl (C=O) groups excluding carboxylic acids is 2. The van der Waals surface area contributed by atoms with E-state index in [4.69, 9.17) is 5.11 Å². The van der Waals surface area contributed by atoms with E-state index < -0.39 is 40.1 Å². The molecular formula is C7H13NO6S. The van der Waals surface area contributed by atoms with Gasteiger partial charge in [-0.05, 0) is 0 Å². The van der Waals surface area contributed by atoms with Crippen molar-refractivity contribution in [1.29, 1.82) is 0 Å². The number of methoxy groups -OCH3 is 1. The van der Waals surface area contributed by atoms with Gasteiger partial charge in [-0.15, -0.1) is 0 Å². The molecule has 8 heteroatoms. The van der Waals surface area contributed by atoms with Crippen LogP contribution in [0.4, 0.5) is 0 Å². The molecule has 0 spiro atoms. The van der Waals surface area contributed by atoms with Crippen LogP contribution in [0.15, 0.2) is 0 Å². The third kappa shape index (κ3) is 6.02. The van der Waals surface area contributed by atoms with Crippen molar-refractivity contribution in [3.63, 3.8) is 0 Å². The van der Waals surface area contributed by atoms with Crippen LogP contribution in [0.3, 0.4) is 0 Å². The van der Waals surface area contributed by atoms with Crippen molar-refractivity contribution < 1.29 is 27.9 Å². The highest BCUT2D eigenvalue weighted by Gasteiger charge is 2.21. The fraction of sp³-hybridized carbons (Fsp3) is 0.714. The first kappa shape index (κ1) is 13.8. The van der Waals surface area contributed by atoms with E-state index in [1.807, 2.05) is 5.32 Å². The van der Waals surface area contributed by atoms with Crippen LogP contribution in [-0.4, -0.2) is 57.2 Å². The zero-order chi connectivity index (χ0) is 12.1. The molecule has 1 atom stereocenters. The lowest BCUT2D eigenvalue weighted by Crippen LogP contribution is -2.45. The van der Waals surface area contributed by atoms with Crippen molar-refractivity contribution in [3.05, 3.63) is 0 Å². The second-order valence-electron chi connectivity index (χ2n) is 2.90. The number of hydrogen-bond acceptors (Lipinski definition) is 6. The summed E-state index contributed by atoms with van der Waals surface area (Å²) < 4.78 is 25.7. The number of esters is 1. The predicted molar refractivity (Wildman–Crippen MR) is 50.7 cm³/mol. The molecule has 0 aromatic heterocycles. The first-order valence-electron chi connectivity index (χ1n) is 3.96. The van der Waals surface area contributed by atoms with Crippen LogP contribution in [0.25, 0.3) is 0 Å². The van der Waals surface area contributed by atoms with E-state index >= 15 is 0 Å². The Morgan fingerprint density at radius 2 is 2.00 bits per heavy atom. The maximum atomic E-state index is 11.0. The minimum Gasteiger partial charge on any atom is -0.467 e. The molecule has 0 aliphatic heterocycles. The van der Waals surface area contributed by atoms with Crippen LogP contribution in [0.1, 0.15) is 0 Å². The molecule has 0 rings (SSSR count). The van der Waals surface area contributed by atoms with Gasteiger partial charge in [0.2, 0.25) is 5.91 Å².